The van der Waals surface area contributed by atoms with Crippen LogP contribution in [0, 0.1) is 6.92 Å². The molecule has 0 fully saturated rings. The number of benzene rings is 6. The second-order valence-electron chi connectivity index (χ2n) is 26.0. The Kier molecular flexibility index (Phi) is 9.03. The van der Waals surface area contributed by atoms with Gasteiger partial charge in [-0.15, -0.1) is 11.3 Å². The fourth-order valence-corrected chi connectivity index (χ4v) is 14.3. The van der Waals surface area contributed by atoms with Crippen molar-refractivity contribution in [2.24, 2.45) is 0 Å². The van der Waals surface area contributed by atoms with Gasteiger partial charge in [0.05, 0.1) is 16.8 Å². The van der Waals surface area contributed by atoms with Gasteiger partial charge in [-0.25, -0.2) is 0 Å². The smallest absolute Gasteiger partial charge is 0.264 e. The molecule has 0 N–H and O–H groups in total. The van der Waals surface area contributed by atoms with Crippen LogP contribution in [0.4, 0.5) is 34.1 Å². The molecule has 4 aliphatic rings. The standard InChI is InChI=1S/C63H69BN2OS/c1-36-30-49-54-50(31-36)66(47-24-23-42(59(5,6)7)56-53(47)39-18-16-17-19-51(39)67-56)55-40-32-37(58(2,3)4)20-25-52(40)68-57(55)64(54)46-34-44-45(63(14,15)29-28-62(44,12)13)35-48(46)65(49)38-21-22-41-43(33-38)61(10,11)27-26-60(41,8)9/h16-25,30-35H,26-29H2,1-15H3. The molecule has 0 amide bonds. The van der Waals surface area contributed by atoms with Crippen LogP contribution in [0.3, 0.4) is 0 Å². The van der Waals surface area contributed by atoms with Gasteiger partial charge in [0.1, 0.15) is 11.2 Å². The average molecular weight is 913 g/mol. The highest BCUT2D eigenvalue weighted by atomic mass is 32.1. The molecule has 346 valence electrons. The first kappa shape index (κ1) is 44.0. The van der Waals surface area contributed by atoms with Crippen LogP contribution >= 0.6 is 11.3 Å². The fraction of sp³-hybridized carbons (Fsp3) is 0.397. The molecule has 0 atom stereocenters. The van der Waals surface area contributed by atoms with Crippen molar-refractivity contribution in [1.29, 1.82) is 0 Å². The van der Waals surface area contributed by atoms with E-state index in [2.05, 4.69) is 211 Å². The number of hydrogen-bond donors (Lipinski definition) is 0. The highest BCUT2D eigenvalue weighted by molar-refractivity contribution is 7.33. The van der Waals surface area contributed by atoms with Crippen LogP contribution in [0.5, 0.6) is 0 Å². The van der Waals surface area contributed by atoms with E-state index in [1.807, 2.05) is 11.3 Å². The van der Waals surface area contributed by atoms with Crippen LogP contribution in [-0.4, -0.2) is 6.71 Å². The zero-order chi connectivity index (χ0) is 48.0. The lowest BCUT2D eigenvalue weighted by Crippen LogP contribution is -2.61. The van der Waals surface area contributed by atoms with Crippen LogP contribution in [0.15, 0.2) is 101 Å². The van der Waals surface area contributed by atoms with Gasteiger partial charge in [0, 0.05) is 48.6 Å². The zero-order valence-corrected chi connectivity index (χ0v) is 44.2. The molecule has 2 aliphatic heterocycles. The molecule has 0 unspecified atom stereocenters. The van der Waals surface area contributed by atoms with Crippen LogP contribution in [0.2, 0.25) is 0 Å². The van der Waals surface area contributed by atoms with E-state index in [0.29, 0.717) is 0 Å². The Morgan fingerprint density at radius 2 is 1.18 bits per heavy atom. The molecule has 6 aromatic carbocycles. The van der Waals surface area contributed by atoms with Crippen molar-refractivity contribution in [3.05, 3.63) is 136 Å². The minimum absolute atomic E-state index is 0.0133. The summed E-state index contributed by atoms with van der Waals surface area (Å²) in [5.41, 5.74) is 22.4. The minimum atomic E-state index is -0.119. The lowest BCUT2D eigenvalue weighted by atomic mass is 9.35. The number of nitrogens with zero attached hydrogens (tertiary/aromatic N) is 2. The summed E-state index contributed by atoms with van der Waals surface area (Å²) in [6.45, 7) is 36.1. The summed E-state index contributed by atoms with van der Waals surface area (Å²) >= 11 is 2.01. The number of fused-ring (bicyclic) bond motifs is 11. The number of anilines is 6. The Morgan fingerprint density at radius 1 is 0.559 bits per heavy atom. The summed E-state index contributed by atoms with van der Waals surface area (Å²) in [6.07, 6.45) is 4.72. The number of hydrogen-bond acceptors (Lipinski definition) is 4. The third-order valence-electron chi connectivity index (χ3n) is 17.3. The number of rotatable bonds is 2. The number of aryl methyl sites for hydroxylation is 1. The van der Waals surface area contributed by atoms with Crippen LogP contribution in [-0.2, 0) is 32.5 Å². The number of para-hydroxylation sites is 1. The first-order valence-corrected chi connectivity index (χ1v) is 26.3. The fourth-order valence-electron chi connectivity index (χ4n) is 13.0. The van der Waals surface area contributed by atoms with Crippen molar-refractivity contribution in [3.8, 4) is 0 Å². The first-order valence-electron chi connectivity index (χ1n) is 25.5. The first-order chi connectivity index (χ1) is 31.9. The molecule has 0 saturated carbocycles. The predicted molar refractivity (Wildman–Crippen MR) is 296 cm³/mol. The van der Waals surface area contributed by atoms with Gasteiger partial charge in [0.2, 0.25) is 0 Å². The third kappa shape index (κ3) is 6.22. The molecule has 3 nitrogen and oxygen atoms in total. The van der Waals surface area contributed by atoms with Gasteiger partial charge in [0.25, 0.3) is 6.71 Å². The van der Waals surface area contributed by atoms with Crippen LogP contribution in [0.25, 0.3) is 32.0 Å². The Bertz CT molecular complexity index is 3470. The molecule has 5 heteroatoms. The molecule has 2 aliphatic carbocycles. The molecule has 2 aromatic heterocycles. The van der Waals surface area contributed by atoms with Crippen molar-refractivity contribution in [1.82, 2.24) is 0 Å². The van der Waals surface area contributed by atoms with Crippen molar-refractivity contribution in [3.63, 3.8) is 0 Å². The SMILES string of the molecule is Cc1cc2c3c(c1)N(c1ccc(C(C)(C)C)c4oc5ccccc5c14)c1c(sc4ccc(C(C)(C)C)cc14)B3c1cc3c(cc1N2c1ccc2c(c1)C(C)(C)CCC2(C)C)C(C)(C)CCC3(C)C. The monoisotopic (exact) mass is 913 g/mol. The molecule has 0 bridgehead atoms. The summed E-state index contributed by atoms with van der Waals surface area (Å²) in [6, 6.07) is 38.7. The highest BCUT2D eigenvalue weighted by Gasteiger charge is 2.49. The third-order valence-corrected chi connectivity index (χ3v) is 18.5. The minimum Gasteiger partial charge on any atom is -0.456 e. The Morgan fingerprint density at radius 3 is 1.84 bits per heavy atom. The molecule has 68 heavy (non-hydrogen) atoms. The van der Waals surface area contributed by atoms with Gasteiger partial charge in [-0.05, 0) is 164 Å². The molecule has 0 radical (unpaired) electrons. The van der Waals surface area contributed by atoms with E-state index in [1.54, 1.807) is 0 Å². The lowest BCUT2D eigenvalue weighted by Gasteiger charge is -2.47. The Hall–Kier alpha value is -5.26. The second-order valence-corrected chi connectivity index (χ2v) is 27.1. The van der Waals surface area contributed by atoms with E-state index >= 15 is 0 Å². The van der Waals surface area contributed by atoms with Crippen molar-refractivity contribution < 1.29 is 4.42 Å². The quantitative estimate of drug-likeness (QED) is 0.161. The van der Waals surface area contributed by atoms with E-state index in [1.165, 1.54) is 130 Å². The molecular weight excluding hydrogens is 844 g/mol. The molecule has 0 saturated heterocycles. The van der Waals surface area contributed by atoms with E-state index in [9.17, 15) is 0 Å². The Balaban J connectivity index is 1.24. The summed E-state index contributed by atoms with van der Waals surface area (Å²) in [5, 5.41) is 3.67. The van der Waals surface area contributed by atoms with Crippen molar-refractivity contribution >= 4 is 99.9 Å². The summed E-state index contributed by atoms with van der Waals surface area (Å²) in [5.74, 6) is 0. The van der Waals surface area contributed by atoms with Crippen molar-refractivity contribution in [2.75, 3.05) is 9.80 Å². The van der Waals surface area contributed by atoms with Crippen LogP contribution in [0.1, 0.15) is 162 Å². The van der Waals surface area contributed by atoms with Gasteiger partial charge in [-0.2, -0.15) is 0 Å². The number of furan rings is 1. The summed E-state index contributed by atoms with van der Waals surface area (Å²) in [4.78, 5) is 5.39. The second kappa shape index (κ2) is 14.0. The normalized spacial score (nSPS) is 18.7. The van der Waals surface area contributed by atoms with E-state index in [4.69, 9.17) is 4.42 Å². The zero-order valence-electron chi connectivity index (χ0n) is 43.4. The van der Waals surface area contributed by atoms with E-state index in [-0.39, 0.29) is 39.2 Å². The maximum Gasteiger partial charge on any atom is 0.264 e. The molecule has 12 rings (SSSR count). The molecule has 8 aromatic rings. The summed E-state index contributed by atoms with van der Waals surface area (Å²) in [7, 11) is 0. The van der Waals surface area contributed by atoms with Gasteiger partial charge in [-0.3, -0.25) is 0 Å². The van der Waals surface area contributed by atoms with Gasteiger partial charge < -0.3 is 14.2 Å². The maximum absolute atomic E-state index is 7.01. The van der Waals surface area contributed by atoms with E-state index in [0.717, 1.165) is 16.6 Å². The maximum atomic E-state index is 7.01. The van der Waals surface area contributed by atoms with Gasteiger partial charge >= 0.3 is 0 Å². The van der Waals surface area contributed by atoms with Crippen molar-refractivity contribution in [2.45, 2.75) is 162 Å². The highest BCUT2D eigenvalue weighted by Crippen LogP contribution is 2.55. The van der Waals surface area contributed by atoms with Gasteiger partial charge in [0.15, 0.2) is 0 Å². The molecule has 0 spiro atoms. The largest absolute Gasteiger partial charge is 0.456 e. The predicted octanol–water partition coefficient (Wildman–Crippen LogP) is 16.5. The molecule has 4 heterocycles. The van der Waals surface area contributed by atoms with Crippen LogP contribution < -0.4 is 25.5 Å². The molecular formula is C63H69BN2OS. The Labute approximate surface area is 410 Å². The average Bonchev–Trinajstić information content (AvgIpc) is 3.84. The van der Waals surface area contributed by atoms with Gasteiger partial charge in [-0.1, -0.05) is 139 Å². The lowest BCUT2D eigenvalue weighted by molar-refractivity contribution is 0.332. The topological polar surface area (TPSA) is 19.6 Å². The number of thiophene rings is 1. The summed E-state index contributed by atoms with van der Waals surface area (Å²) < 4.78 is 9.76. The van der Waals surface area contributed by atoms with E-state index < -0.39 is 0 Å².